The average molecular weight is 197 g/mol. The molecular weight excluding hydrogens is 189 g/mol. The van der Waals surface area contributed by atoms with Gasteiger partial charge in [-0.3, -0.25) is 9.88 Å². The Labute approximate surface area is 67.9 Å². The lowest BCUT2D eigenvalue weighted by atomic mass is 10.6. The fraction of sp³-hybridized carbons (Fsp3) is 0.250. The molecule has 0 aromatic heterocycles. The number of carbonyl (C=O) groups excluding carboxylic acids is 1. The Morgan fingerprint density at radius 3 is 2.50 bits per heavy atom. The van der Waals surface area contributed by atoms with Crippen molar-refractivity contribution in [2.45, 2.75) is 6.48 Å². The van der Waals surface area contributed by atoms with Gasteiger partial charge in [0.2, 0.25) is 0 Å². The van der Waals surface area contributed by atoms with Crippen LogP contribution in [-0.4, -0.2) is 27.5 Å². The van der Waals surface area contributed by atoms with E-state index in [-0.39, 0.29) is 0 Å². The third-order valence-corrected chi connectivity index (χ3v) is 1.65. The van der Waals surface area contributed by atoms with Crippen molar-refractivity contribution in [1.29, 1.82) is 0 Å². The fourth-order valence-corrected chi connectivity index (χ4v) is 1.02. The maximum Gasteiger partial charge on any atom is 0.436 e. The molecule has 0 aromatic rings. The van der Waals surface area contributed by atoms with Crippen LogP contribution in [0.4, 0.5) is 0 Å². The van der Waals surface area contributed by atoms with Crippen molar-refractivity contribution < 1.29 is 29.0 Å². The molecule has 0 aromatic carbocycles. The van der Waals surface area contributed by atoms with Gasteiger partial charge in [0.05, 0.1) is 0 Å². The lowest BCUT2D eigenvalue weighted by molar-refractivity contribution is -0.183. The summed E-state index contributed by atoms with van der Waals surface area (Å²) in [5.41, 5.74) is 0. The quantitative estimate of drug-likeness (QED) is 0.252. The van der Waals surface area contributed by atoms with E-state index in [4.69, 9.17) is 15.1 Å². The highest BCUT2D eigenvalue weighted by Crippen LogP contribution is 2.37. The van der Waals surface area contributed by atoms with E-state index < -0.39 is 20.1 Å². The van der Waals surface area contributed by atoms with Gasteiger partial charge in [0.15, 0.2) is 0 Å². The lowest BCUT2D eigenvalue weighted by Crippen LogP contribution is -2.22. The molecule has 0 aliphatic carbocycles. The summed E-state index contributed by atoms with van der Waals surface area (Å²) in [7, 11) is -4.49. The van der Waals surface area contributed by atoms with Crippen molar-refractivity contribution in [3.63, 3.8) is 0 Å². The highest BCUT2D eigenvalue weighted by Gasteiger charge is 2.24. The van der Waals surface area contributed by atoms with Crippen LogP contribution in [-0.2, 0) is 13.9 Å². The topological polar surface area (TPSA) is 116 Å². The summed E-state index contributed by atoms with van der Waals surface area (Å²) in [6.45, 7) is 0.574. The molecular formula is C4H8NO6P. The summed E-state index contributed by atoms with van der Waals surface area (Å²) >= 11 is 0. The predicted octanol–water partition coefficient (Wildman–Crippen LogP) is -1.33. The molecule has 0 heterocycles. The molecule has 4 N–H and O–H groups in total. The number of nitrogens with one attached hydrogen (secondary N) is 1. The molecule has 1 amide bonds. The monoisotopic (exact) mass is 197 g/mol. The van der Waals surface area contributed by atoms with Crippen LogP contribution in [0.2, 0.25) is 0 Å². The molecule has 0 bridgehead atoms. The van der Waals surface area contributed by atoms with Gasteiger partial charge in [-0.05, 0) is 6.08 Å². The Morgan fingerprint density at radius 2 is 2.17 bits per heavy atom. The number of aliphatic hydroxyl groups excluding tert-OH is 1. The second-order valence-corrected chi connectivity index (χ2v) is 3.11. The van der Waals surface area contributed by atoms with Crippen LogP contribution in [0.3, 0.4) is 0 Å². The zero-order chi connectivity index (χ0) is 9.78. The SMILES string of the molecule is C=CC(=O)NP(=O)(O)OC(O)O. The molecule has 7 nitrogen and oxygen atoms in total. The minimum Gasteiger partial charge on any atom is -0.346 e. The van der Waals surface area contributed by atoms with E-state index in [1.807, 2.05) is 0 Å². The summed E-state index contributed by atoms with van der Waals surface area (Å²) < 4.78 is 14.3. The number of rotatable bonds is 4. The first-order valence-electron chi connectivity index (χ1n) is 2.69. The van der Waals surface area contributed by atoms with Gasteiger partial charge >= 0.3 is 7.75 Å². The summed E-state index contributed by atoms with van der Waals surface area (Å²) in [4.78, 5) is 19.0. The van der Waals surface area contributed by atoms with Crippen molar-refractivity contribution in [2.75, 3.05) is 0 Å². The van der Waals surface area contributed by atoms with E-state index in [2.05, 4.69) is 11.1 Å². The van der Waals surface area contributed by atoms with Crippen LogP contribution < -0.4 is 5.09 Å². The zero-order valence-electron chi connectivity index (χ0n) is 5.88. The minimum atomic E-state index is -4.49. The Balaban J connectivity index is 4.13. The van der Waals surface area contributed by atoms with E-state index in [1.165, 1.54) is 5.09 Å². The fourth-order valence-electron chi connectivity index (χ4n) is 0.339. The molecule has 0 rings (SSSR count). The van der Waals surface area contributed by atoms with Crippen LogP contribution in [0.1, 0.15) is 0 Å². The molecule has 0 spiro atoms. The Kier molecular flexibility index (Phi) is 4.08. The summed E-state index contributed by atoms with van der Waals surface area (Å²) in [5, 5.41) is 17.6. The van der Waals surface area contributed by atoms with E-state index in [0.717, 1.165) is 6.08 Å². The summed E-state index contributed by atoms with van der Waals surface area (Å²) in [6.07, 6.45) is 0.732. The Morgan fingerprint density at radius 1 is 1.67 bits per heavy atom. The normalized spacial score (nSPS) is 15.3. The highest BCUT2D eigenvalue weighted by atomic mass is 31.2. The molecule has 0 aliphatic rings. The molecule has 1 unspecified atom stereocenters. The maximum absolute atomic E-state index is 10.6. The van der Waals surface area contributed by atoms with Gasteiger partial charge in [0, 0.05) is 0 Å². The van der Waals surface area contributed by atoms with E-state index >= 15 is 0 Å². The lowest BCUT2D eigenvalue weighted by Gasteiger charge is -2.12. The molecule has 1 atom stereocenters. The van der Waals surface area contributed by atoms with Crippen LogP contribution in [0.15, 0.2) is 12.7 Å². The molecule has 70 valence electrons. The molecule has 0 saturated heterocycles. The number of carbonyl (C=O) groups is 1. The molecule has 8 heteroatoms. The van der Waals surface area contributed by atoms with Crippen molar-refractivity contribution in [3.8, 4) is 0 Å². The van der Waals surface area contributed by atoms with Crippen LogP contribution in [0, 0.1) is 0 Å². The van der Waals surface area contributed by atoms with Crippen molar-refractivity contribution in [1.82, 2.24) is 5.09 Å². The second kappa shape index (κ2) is 4.34. The number of aliphatic hydroxyl groups is 2. The maximum atomic E-state index is 10.6. The van der Waals surface area contributed by atoms with Gasteiger partial charge in [-0.1, -0.05) is 6.58 Å². The van der Waals surface area contributed by atoms with Gasteiger partial charge < -0.3 is 15.1 Å². The average Bonchev–Trinajstić information content (AvgIpc) is 1.83. The van der Waals surface area contributed by atoms with Crippen molar-refractivity contribution >= 4 is 13.7 Å². The first-order valence-corrected chi connectivity index (χ1v) is 4.27. The van der Waals surface area contributed by atoms with Gasteiger partial charge in [0.25, 0.3) is 12.4 Å². The molecule has 0 aliphatic heterocycles. The molecule has 0 fully saturated rings. The minimum absolute atomic E-state index is 0.732. The summed E-state index contributed by atoms with van der Waals surface area (Å²) in [5.74, 6) is -0.957. The first-order chi connectivity index (χ1) is 5.37. The van der Waals surface area contributed by atoms with Crippen molar-refractivity contribution in [3.05, 3.63) is 12.7 Å². The zero-order valence-corrected chi connectivity index (χ0v) is 6.77. The number of amides is 1. The standard InChI is InChI=1S/C4H8NO6P/c1-2-3(6)5-12(9,10)11-4(7)8/h2,4,7-8H,1H2,(H2,5,6,9,10). The van der Waals surface area contributed by atoms with Crippen LogP contribution in [0.5, 0.6) is 0 Å². The second-order valence-electron chi connectivity index (χ2n) is 1.63. The number of hydrogen-bond donors (Lipinski definition) is 4. The van der Waals surface area contributed by atoms with E-state index in [9.17, 15) is 9.36 Å². The Bertz CT molecular complexity index is 226. The molecule has 0 saturated carbocycles. The van der Waals surface area contributed by atoms with Crippen LogP contribution >= 0.6 is 7.75 Å². The van der Waals surface area contributed by atoms with Gasteiger partial charge in [-0.15, -0.1) is 0 Å². The highest BCUT2D eigenvalue weighted by molar-refractivity contribution is 7.51. The molecule has 0 radical (unpaired) electrons. The number of hydrogen-bond acceptors (Lipinski definition) is 5. The smallest absolute Gasteiger partial charge is 0.346 e. The third kappa shape index (κ3) is 5.00. The van der Waals surface area contributed by atoms with E-state index in [1.54, 1.807) is 0 Å². The third-order valence-electron chi connectivity index (χ3n) is 0.674. The van der Waals surface area contributed by atoms with Gasteiger partial charge in [0.1, 0.15) is 0 Å². The van der Waals surface area contributed by atoms with Crippen molar-refractivity contribution in [2.24, 2.45) is 0 Å². The molecule has 12 heavy (non-hydrogen) atoms. The van der Waals surface area contributed by atoms with Gasteiger partial charge in [-0.25, -0.2) is 9.09 Å². The predicted molar refractivity (Wildman–Crippen MR) is 37.5 cm³/mol. The van der Waals surface area contributed by atoms with E-state index in [0.29, 0.717) is 0 Å². The van der Waals surface area contributed by atoms with Crippen LogP contribution in [0.25, 0.3) is 0 Å². The largest absolute Gasteiger partial charge is 0.436 e. The Hall–Kier alpha value is -0.720. The first kappa shape index (κ1) is 11.3. The van der Waals surface area contributed by atoms with Gasteiger partial charge in [-0.2, -0.15) is 0 Å². The summed E-state index contributed by atoms with van der Waals surface area (Å²) in [6, 6.07) is 0.